The fourth-order valence-electron chi connectivity index (χ4n) is 3.09. The normalized spacial score (nSPS) is 16.7. The number of nitrogens with zero attached hydrogens (tertiary/aromatic N) is 2. The molecular formula is C20H21N3O4. The van der Waals surface area contributed by atoms with Gasteiger partial charge in [0.05, 0.1) is 6.54 Å². The maximum Gasteiger partial charge on any atom is 0.254 e. The van der Waals surface area contributed by atoms with Gasteiger partial charge in [0.25, 0.3) is 5.91 Å². The molecule has 1 fully saturated rings. The van der Waals surface area contributed by atoms with Crippen molar-refractivity contribution in [2.75, 3.05) is 19.6 Å². The Kier molecular flexibility index (Phi) is 5.40. The van der Waals surface area contributed by atoms with Crippen molar-refractivity contribution in [2.45, 2.75) is 13.0 Å². The molecule has 140 valence electrons. The van der Waals surface area contributed by atoms with E-state index in [9.17, 15) is 14.4 Å². The number of rotatable bonds is 4. The molecule has 2 aromatic rings. The van der Waals surface area contributed by atoms with Crippen molar-refractivity contribution in [1.82, 2.24) is 9.80 Å². The summed E-state index contributed by atoms with van der Waals surface area (Å²) >= 11 is 0. The molecule has 7 nitrogen and oxygen atoms in total. The summed E-state index contributed by atoms with van der Waals surface area (Å²) in [4.78, 5) is 39.2. The Morgan fingerprint density at radius 3 is 2.37 bits per heavy atom. The second-order valence-corrected chi connectivity index (χ2v) is 6.32. The molecule has 2 N–H and O–H groups in total. The van der Waals surface area contributed by atoms with E-state index in [0.717, 1.165) is 0 Å². The average Bonchev–Trinajstić information content (AvgIpc) is 2.68. The second kappa shape index (κ2) is 7.90. The van der Waals surface area contributed by atoms with Crippen LogP contribution in [0.15, 0.2) is 54.6 Å². The number of amides is 3. The van der Waals surface area contributed by atoms with Gasteiger partial charge < -0.3 is 20.3 Å². The number of carbonyl (C=O) groups is 3. The molecule has 0 radical (unpaired) electrons. The van der Waals surface area contributed by atoms with Gasteiger partial charge in [0.2, 0.25) is 11.8 Å². The summed E-state index contributed by atoms with van der Waals surface area (Å²) in [5.41, 5.74) is 5.86. The van der Waals surface area contributed by atoms with E-state index in [0.29, 0.717) is 23.6 Å². The molecule has 3 amide bonds. The van der Waals surface area contributed by atoms with E-state index in [2.05, 4.69) is 0 Å². The lowest BCUT2D eigenvalue weighted by Gasteiger charge is -2.39. The number of benzene rings is 2. The summed E-state index contributed by atoms with van der Waals surface area (Å²) < 4.78 is 5.77. The van der Waals surface area contributed by atoms with Gasteiger partial charge in [-0.2, -0.15) is 0 Å². The highest BCUT2D eigenvalue weighted by Crippen LogP contribution is 2.23. The molecule has 2 aromatic carbocycles. The number of para-hydroxylation sites is 1. The number of piperazine rings is 1. The van der Waals surface area contributed by atoms with E-state index in [-0.39, 0.29) is 24.9 Å². The topological polar surface area (TPSA) is 92.9 Å². The fourth-order valence-corrected chi connectivity index (χ4v) is 3.09. The molecule has 1 atom stereocenters. The minimum atomic E-state index is -0.816. The predicted molar refractivity (Wildman–Crippen MR) is 99.2 cm³/mol. The van der Waals surface area contributed by atoms with Crippen LogP contribution < -0.4 is 10.5 Å². The largest absolute Gasteiger partial charge is 0.457 e. The zero-order valence-corrected chi connectivity index (χ0v) is 15.0. The van der Waals surface area contributed by atoms with E-state index in [1.807, 2.05) is 30.3 Å². The smallest absolute Gasteiger partial charge is 0.254 e. The third-order valence-electron chi connectivity index (χ3n) is 4.46. The van der Waals surface area contributed by atoms with E-state index in [4.69, 9.17) is 10.5 Å². The molecule has 1 heterocycles. The van der Waals surface area contributed by atoms with Gasteiger partial charge in [0, 0.05) is 25.6 Å². The SMILES string of the molecule is CC(=O)N1CCN(C(=O)c2cccc(Oc3ccccc3)c2)C[C@H]1C(N)=O. The van der Waals surface area contributed by atoms with Crippen molar-refractivity contribution in [3.63, 3.8) is 0 Å². The maximum absolute atomic E-state index is 12.9. The van der Waals surface area contributed by atoms with E-state index >= 15 is 0 Å². The molecule has 0 unspecified atom stereocenters. The summed E-state index contributed by atoms with van der Waals surface area (Å²) in [5, 5.41) is 0. The second-order valence-electron chi connectivity index (χ2n) is 6.32. The number of ether oxygens (including phenoxy) is 1. The highest BCUT2D eigenvalue weighted by Gasteiger charge is 2.34. The Bertz CT molecular complexity index is 853. The Morgan fingerprint density at radius 1 is 1.00 bits per heavy atom. The van der Waals surface area contributed by atoms with Gasteiger partial charge in [-0.25, -0.2) is 0 Å². The Morgan fingerprint density at radius 2 is 1.70 bits per heavy atom. The highest BCUT2D eigenvalue weighted by atomic mass is 16.5. The lowest BCUT2D eigenvalue weighted by Crippen LogP contribution is -2.60. The van der Waals surface area contributed by atoms with Gasteiger partial charge in [-0.15, -0.1) is 0 Å². The first-order valence-corrected chi connectivity index (χ1v) is 8.64. The Labute approximate surface area is 157 Å². The molecule has 1 aliphatic rings. The van der Waals surface area contributed by atoms with Crippen molar-refractivity contribution in [2.24, 2.45) is 5.73 Å². The van der Waals surface area contributed by atoms with Crippen LogP contribution in [0.25, 0.3) is 0 Å². The van der Waals surface area contributed by atoms with Gasteiger partial charge in [-0.3, -0.25) is 14.4 Å². The summed E-state index contributed by atoms with van der Waals surface area (Å²) in [7, 11) is 0. The van der Waals surface area contributed by atoms with Crippen LogP contribution in [0.4, 0.5) is 0 Å². The average molecular weight is 367 g/mol. The minimum Gasteiger partial charge on any atom is -0.457 e. The van der Waals surface area contributed by atoms with Crippen LogP contribution >= 0.6 is 0 Å². The third kappa shape index (κ3) is 4.25. The van der Waals surface area contributed by atoms with E-state index in [1.54, 1.807) is 24.3 Å². The Hall–Kier alpha value is -3.35. The monoisotopic (exact) mass is 367 g/mol. The molecule has 0 spiro atoms. The van der Waals surface area contributed by atoms with Crippen LogP contribution in [0.2, 0.25) is 0 Å². The van der Waals surface area contributed by atoms with Crippen molar-refractivity contribution in [3.05, 3.63) is 60.2 Å². The number of carbonyl (C=O) groups excluding carboxylic acids is 3. The molecule has 0 bridgehead atoms. The first-order valence-electron chi connectivity index (χ1n) is 8.64. The molecule has 27 heavy (non-hydrogen) atoms. The summed E-state index contributed by atoms with van der Waals surface area (Å²) in [5.74, 6) is 0.128. The minimum absolute atomic E-state index is 0.0809. The lowest BCUT2D eigenvalue weighted by atomic mass is 10.1. The quantitative estimate of drug-likeness (QED) is 0.889. The molecule has 0 aromatic heterocycles. The van der Waals surface area contributed by atoms with Crippen LogP contribution in [0.3, 0.4) is 0 Å². The first-order chi connectivity index (χ1) is 13.0. The molecule has 0 aliphatic carbocycles. The molecular weight excluding hydrogens is 346 g/mol. The van der Waals surface area contributed by atoms with Gasteiger partial charge in [-0.1, -0.05) is 24.3 Å². The van der Waals surface area contributed by atoms with Gasteiger partial charge in [0.1, 0.15) is 17.5 Å². The molecule has 0 saturated carbocycles. The molecule has 7 heteroatoms. The van der Waals surface area contributed by atoms with E-state index in [1.165, 1.54) is 16.7 Å². The number of nitrogens with two attached hydrogens (primary N) is 1. The summed E-state index contributed by atoms with van der Waals surface area (Å²) in [6.07, 6.45) is 0. The third-order valence-corrected chi connectivity index (χ3v) is 4.46. The van der Waals surface area contributed by atoms with Crippen LogP contribution in [0, 0.1) is 0 Å². The first kappa shape index (κ1) is 18.4. The lowest BCUT2D eigenvalue weighted by molar-refractivity contribution is -0.140. The number of hydrogen-bond acceptors (Lipinski definition) is 4. The van der Waals surface area contributed by atoms with Crippen LogP contribution in [0.1, 0.15) is 17.3 Å². The summed E-state index contributed by atoms with van der Waals surface area (Å²) in [6.45, 7) is 2.08. The van der Waals surface area contributed by atoms with Crippen molar-refractivity contribution in [3.8, 4) is 11.5 Å². The van der Waals surface area contributed by atoms with Crippen LogP contribution in [-0.4, -0.2) is 53.2 Å². The highest BCUT2D eigenvalue weighted by molar-refractivity contribution is 5.95. The van der Waals surface area contributed by atoms with Gasteiger partial charge in [-0.05, 0) is 30.3 Å². The molecule has 1 aliphatic heterocycles. The van der Waals surface area contributed by atoms with Crippen LogP contribution in [0.5, 0.6) is 11.5 Å². The van der Waals surface area contributed by atoms with E-state index < -0.39 is 11.9 Å². The molecule has 1 saturated heterocycles. The van der Waals surface area contributed by atoms with Gasteiger partial charge in [0.15, 0.2) is 0 Å². The summed E-state index contributed by atoms with van der Waals surface area (Å²) in [6, 6.07) is 15.3. The van der Waals surface area contributed by atoms with Gasteiger partial charge >= 0.3 is 0 Å². The zero-order chi connectivity index (χ0) is 19.4. The Balaban J connectivity index is 1.75. The predicted octanol–water partition coefficient (Wildman–Crippen LogP) is 1.64. The standard InChI is InChI=1S/C20H21N3O4/c1-14(24)23-11-10-22(13-18(23)19(21)25)20(26)15-6-5-9-17(12-15)27-16-7-3-2-4-8-16/h2-9,12,18H,10-11,13H2,1H3,(H2,21,25)/t18-/m0/s1. The molecule has 3 rings (SSSR count). The number of primary amides is 1. The van der Waals surface area contributed by atoms with Crippen molar-refractivity contribution < 1.29 is 19.1 Å². The van der Waals surface area contributed by atoms with Crippen molar-refractivity contribution in [1.29, 1.82) is 0 Å². The van der Waals surface area contributed by atoms with Crippen molar-refractivity contribution >= 4 is 17.7 Å². The number of hydrogen-bond donors (Lipinski definition) is 1. The van der Waals surface area contributed by atoms with Crippen LogP contribution in [-0.2, 0) is 9.59 Å². The maximum atomic E-state index is 12.9. The fraction of sp³-hybridized carbons (Fsp3) is 0.250. The zero-order valence-electron chi connectivity index (χ0n) is 15.0.